The van der Waals surface area contributed by atoms with Gasteiger partial charge >= 0.3 is 0 Å². The number of anilines is 1. The molecule has 0 aliphatic rings. The summed E-state index contributed by atoms with van der Waals surface area (Å²) in [5, 5.41) is 6.45. The molecule has 0 heterocycles. The Bertz CT molecular complexity index is 415. The minimum Gasteiger partial charge on any atom is -0.324 e. The van der Waals surface area contributed by atoms with Crippen LogP contribution in [0.1, 0.15) is 20.8 Å². The summed E-state index contributed by atoms with van der Waals surface area (Å²) in [6, 6.07) is 5.52. The smallest absolute Gasteiger partial charge is 0.238 e. The van der Waals surface area contributed by atoms with Gasteiger partial charge in [-0.3, -0.25) is 4.79 Å². The lowest BCUT2D eigenvalue weighted by Gasteiger charge is -2.20. The molecule has 0 spiro atoms. The van der Waals surface area contributed by atoms with Gasteiger partial charge in [0.2, 0.25) is 5.91 Å². The molecule has 3 nitrogen and oxygen atoms in total. The zero-order valence-corrected chi connectivity index (χ0v) is 13.0. The Hall–Kier alpha value is -0.330. The molecule has 1 aromatic carbocycles. The number of carbonyl (C=O) groups excluding carboxylic acids is 1. The maximum Gasteiger partial charge on any atom is 0.238 e. The molecule has 0 saturated carbocycles. The van der Waals surface area contributed by atoms with E-state index < -0.39 is 0 Å². The van der Waals surface area contributed by atoms with Crippen molar-refractivity contribution in [1.82, 2.24) is 5.32 Å². The Morgan fingerprint density at radius 2 is 2.06 bits per heavy atom. The number of nitrogens with one attached hydrogen (secondary N) is 2. The first-order chi connectivity index (χ1) is 7.78. The van der Waals surface area contributed by atoms with E-state index in [4.69, 9.17) is 11.6 Å². The lowest BCUT2D eigenvalue weighted by Crippen LogP contribution is -2.41. The third-order valence-corrected chi connectivity index (χ3v) is 2.97. The van der Waals surface area contributed by atoms with Gasteiger partial charge < -0.3 is 10.6 Å². The molecule has 0 fully saturated rings. The van der Waals surface area contributed by atoms with Crippen LogP contribution in [0.5, 0.6) is 0 Å². The number of carbonyl (C=O) groups is 1. The Labute approximate surface area is 120 Å². The van der Waals surface area contributed by atoms with Gasteiger partial charge in [0.25, 0.3) is 0 Å². The Kier molecular flexibility index (Phi) is 5.22. The van der Waals surface area contributed by atoms with E-state index in [9.17, 15) is 4.79 Å². The second-order valence-electron chi connectivity index (χ2n) is 4.78. The summed E-state index contributed by atoms with van der Waals surface area (Å²) in [6.07, 6.45) is 0. The quantitative estimate of drug-likeness (QED) is 0.806. The van der Waals surface area contributed by atoms with Crippen molar-refractivity contribution in [3.63, 3.8) is 0 Å². The summed E-state index contributed by atoms with van der Waals surface area (Å²) in [5.41, 5.74) is 0.570. The van der Waals surface area contributed by atoms with Crippen LogP contribution in [0.15, 0.2) is 18.2 Å². The lowest BCUT2D eigenvalue weighted by molar-refractivity contribution is -0.115. The maximum absolute atomic E-state index is 11.7. The van der Waals surface area contributed by atoms with Gasteiger partial charge in [-0.05, 0) is 61.6 Å². The van der Waals surface area contributed by atoms with Crippen molar-refractivity contribution in [1.29, 1.82) is 0 Å². The summed E-state index contributed by atoms with van der Waals surface area (Å²) in [7, 11) is 0. The lowest BCUT2D eigenvalue weighted by atomic mass is 10.1. The van der Waals surface area contributed by atoms with Gasteiger partial charge in [0.15, 0.2) is 0 Å². The van der Waals surface area contributed by atoms with Crippen LogP contribution in [0.25, 0.3) is 0 Å². The zero-order valence-electron chi connectivity index (χ0n) is 10.1. The third-order valence-electron chi connectivity index (χ3n) is 1.98. The number of hydrogen-bond donors (Lipinski definition) is 2. The SMILES string of the molecule is CC(C)(C)NCC(=O)Nc1ccc(I)cc1Cl. The van der Waals surface area contributed by atoms with Gasteiger partial charge in [-0.25, -0.2) is 0 Å². The van der Waals surface area contributed by atoms with Crippen molar-refractivity contribution < 1.29 is 4.79 Å². The van der Waals surface area contributed by atoms with Crippen LogP contribution in [0, 0.1) is 3.57 Å². The van der Waals surface area contributed by atoms with Crippen molar-refractivity contribution in [2.45, 2.75) is 26.3 Å². The van der Waals surface area contributed by atoms with Gasteiger partial charge in [-0.1, -0.05) is 11.6 Å². The normalized spacial score (nSPS) is 11.4. The molecule has 0 radical (unpaired) electrons. The fourth-order valence-corrected chi connectivity index (χ4v) is 2.03. The molecule has 94 valence electrons. The van der Waals surface area contributed by atoms with E-state index in [0.29, 0.717) is 10.7 Å². The fourth-order valence-electron chi connectivity index (χ4n) is 1.13. The molecule has 5 heteroatoms. The van der Waals surface area contributed by atoms with Crippen molar-refractivity contribution in [2.75, 3.05) is 11.9 Å². The average Bonchev–Trinajstić information content (AvgIpc) is 2.18. The first kappa shape index (κ1) is 14.7. The molecule has 0 atom stereocenters. The maximum atomic E-state index is 11.7. The Morgan fingerprint density at radius 1 is 1.41 bits per heavy atom. The molecule has 0 bridgehead atoms. The first-order valence-electron chi connectivity index (χ1n) is 5.28. The highest BCUT2D eigenvalue weighted by Crippen LogP contribution is 2.23. The fraction of sp³-hybridized carbons (Fsp3) is 0.417. The van der Waals surface area contributed by atoms with Crippen molar-refractivity contribution >= 4 is 45.8 Å². The van der Waals surface area contributed by atoms with Gasteiger partial charge in [0, 0.05) is 9.11 Å². The minimum absolute atomic E-state index is 0.0762. The summed E-state index contributed by atoms with van der Waals surface area (Å²) < 4.78 is 1.04. The molecule has 0 saturated heterocycles. The molecule has 1 aromatic rings. The molecule has 0 unspecified atom stereocenters. The van der Waals surface area contributed by atoms with E-state index in [2.05, 4.69) is 33.2 Å². The van der Waals surface area contributed by atoms with Gasteiger partial charge in [-0.2, -0.15) is 0 Å². The topological polar surface area (TPSA) is 41.1 Å². The van der Waals surface area contributed by atoms with E-state index >= 15 is 0 Å². The monoisotopic (exact) mass is 366 g/mol. The number of benzene rings is 1. The van der Waals surface area contributed by atoms with Crippen LogP contribution >= 0.6 is 34.2 Å². The van der Waals surface area contributed by atoms with E-state index in [1.54, 1.807) is 6.07 Å². The van der Waals surface area contributed by atoms with Gasteiger partial charge in [-0.15, -0.1) is 0 Å². The summed E-state index contributed by atoms with van der Waals surface area (Å²) >= 11 is 8.20. The van der Waals surface area contributed by atoms with Crippen LogP contribution in [0.2, 0.25) is 5.02 Å². The van der Waals surface area contributed by atoms with Crippen molar-refractivity contribution in [2.24, 2.45) is 0 Å². The van der Waals surface area contributed by atoms with E-state index in [1.807, 2.05) is 32.9 Å². The van der Waals surface area contributed by atoms with Crippen LogP contribution in [0.4, 0.5) is 5.69 Å². The van der Waals surface area contributed by atoms with Crippen LogP contribution in [-0.4, -0.2) is 18.0 Å². The van der Waals surface area contributed by atoms with Gasteiger partial charge in [0.1, 0.15) is 0 Å². The van der Waals surface area contributed by atoms with Crippen molar-refractivity contribution in [3.8, 4) is 0 Å². The molecule has 0 aliphatic heterocycles. The standard InChI is InChI=1S/C12H16ClIN2O/c1-12(2,3)15-7-11(17)16-10-5-4-8(14)6-9(10)13/h4-6,15H,7H2,1-3H3,(H,16,17). The molecule has 1 amide bonds. The molecule has 17 heavy (non-hydrogen) atoms. The highest BCUT2D eigenvalue weighted by Gasteiger charge is 2.12. The van der Waals surface area contributed by atoms with Crippen LogP contribution < -0.4 is 10.6 Å². The predicted molar refractivity (Wildman–Crippen MR) is 80.6 cm³/mol. The van der Waals surface area contributed by atoms with E-state index in [0.717, 1.165) is 3.57 Å². The van der Waals surface area contributed by atoms with Crippen LogP contribution in [0.3, 0.4) is 0 Å². The highest BCUT2D eigenvalue weighted by molar-refractivity contribution is 14.1. The molecular formula is C12H16ClIN2O. The second kappa shape index (κ2) is 6.02. The molecule has 1 rings (SSSR count). The zero-order chi connectivity index (χ0) is 13.1. The first-order valence-corrected chi connectivity index (χ1v) is 6.73. The number of halogens is 2. The molecule has 0 aliphatic carbocycles. The largest absolute Gasteiger partial charge is 0.324 e. The van der Waals surface area contributed by atoms with Crippen molar-refractivity contribution in [3.05, 3.63) is 26.8 Å². The molecule has 2 N–H and O–H groups in total. The number of hydrogen-bond acceptors (Lipinski definition) is 2. The second-order valence-corrected chi connectivity index (χ2v) is 6.43. The highest BCUT2D eigenvalue weighted by atomic mass is 127. The number of rotatable bonds is 3. The Balaban J connectivity index is 2.57. The number of amides is 1. The van der Waals surface area contributed by atoms with Crippen LogP contribution in [-0.2, 0) is 4.79 Å². The molecular weight excluding hydrogens is 351 g/mol. The summed E-state index contributed by atoms with van der Waals surface area (Å²) in [6.45, 7) is 6.31. The predicted octanol–water partition coefficient (Wildman–Crippen LogP) is 3.27. The van der Waals surface area contributed by atoms with Gasteiger partial charge in [0.05, 0.1) is 17.3 Å². The van der Waals surface area contributed by atoms with E-state index in [1.165, 1.54) is 0 Å². The minimum atomic E-state index is -0.0944. The third kappa shape index (κ3) is 5.70. The summed E-state index contributed by atoms with van der Waals surface area (Å²) in [4.78, 5) is 11.7. The summed E-state index contributed by atoms with van der Waals surface area (Å²) in [5.74, 6) is -0.0944. The molecule has 0 aromatic heterocycles. The average molecular weight is 367 g/mol. The Morgan fingerprint density at radius 3 is 2.59 bits per heavy atom. The van der Waals surface area contributed by atoms with E-state index in [-0.39, 0.29) is 18.0 Å².